The molecule has 20 heavy (non-hydrogen) atoms. The lowest BCUT2D eigenvalue weighted by Crippen LogP contribution is -3.00. The van der Waals surface area contributed by atoms with E-state index in [-0.39, 0.29) is 34.0 Å². The van der Waals surface area contributed by atoms with Crippen LogP contribution in [0.15, 0.2) is 0 Å². The Labute approximate surface area is 148 Å². The van der Waals surface area contributed by atoms with E-state index in [0.717, 1.165) is 30.7 Å². The van der Waals surface area contributed by atoms with Gasteiger partial charge in [-0.2, -0.15) is 0 Å². The van der Waals surface area contributed by atoms with Crippen molar-refractivity contribution < 1.29 is 47.7 Å². The summed E-state index contributed by atoms with van der Waals surface area (Å²) in [7, 11) is 4.54. The molecule has 0 aromatic rings. The molecule has 0 heterocycles. The molecule has 0 aliphatic heterocycles. The van der Waals surface area contributed by atoms with Crippen molar-refractivity contribution in [1.29, 1.82) is 0 Å². The Morgan fingerprint density at radius 1 is 0.850 bits per heavy atom. The summed E-state index contributed by atoms with van der Waals surface area (Å²) in [4.78, 5) is 0. The maximum Gasteiger partial charge on any atom is 0.105 e. The molecule has 0 saturated heterocycles. The summed E-state index contributed by atoms with van der Waals surface area (Å²) in [6.07, 6.45) is 0.354. The van der Waals surface area contributed by atoms with Gasteiger partial charge in [0.1, 0.15) is 19.2 Å². The fourth-order valence-corrected chi connectivity index (χ4v) is 2.47. The van der Waals surface area contributed by atoms with Crippen LogP contribution in [-0.4, -0.2) is 75.0 Å². The van der Waals surface area contributed by atoms with Gasteiger partial charge in [-0.05, 0) is 34.6 Å². The molecule has 1 atom stereocenters. The first-order chi connectivity index (χ1) is 8.34. The summed E-state index contributed by atoms with van der Waals surface area (Å²) >= 11 is 0. The zero-order chi connectivity index (χ0) is 14.2. The number of rotatable bonds is 10. The van der Waals surface area contributed by atoms with Gasteiger partial charge in [-0.25, -0.2) is 0 Å². The van der Waals surface area contributed by atoms with E-state index in [9.17, 15) is 0 Å². The summed E-state index contributed by atoms with van der Waals surface area (Å²) < 4.78 is 8.23. The Morgan fingerprint density at radius 3 is 1.65 bits per heavy atom. The van der Waals surface area contributed by atoms with E-state index in [4.69, 9.17) is 4.74 Å². The topological polar surface area (TPSA) is 9.23 Å². The highest BCUT2D eigenvalue weighted by Crippen LogP contribution is 2.07. The first kappa shape index (κ1) is 25.8. The molecule has 126 valence electrons. The minimum atomic E-state index is 0. The molecular weight excluding hydrogens is 384 g/mol. The van der Waals surface area contributed by atoms with Crippen LogP contribution in [0.25, 0.3) is 0 Å². The molecule has 5 heteroatoms. The van der Waals surface area contributed by atoms with Crippen LogP contribution in [0.3, 0.4) is 0 Å². The van der Waals surface area contributed by atoms with E-state index < -0.39 is 0 Å². The number of hydrogen-bond donors (Lipinski definition) is 0. The van der Waals surface area contributed by atoms with Crippen molar-refractivity contribution in [3.05, 3.63) is 0 Å². The van der Waals surface area contributed by atoms with Gasteiger partial charge in [-0.15, -0.1) is 0 Å². The molecule has 3 nitrogen and oxygen atoms in total. The van der Waals surface area contributed by atoms with E-state index in [0.29, 0.717) is 6.10 Å². The first-order valence-electron chi connectivity index (χ1n) is 7.63. The Hall–Kier alpha value is 0.840. The monoisotopic (exact) mass is 418 g/mol. The minimum Gasteiger partial charge on any atom is -1.00 e. The lowest BCUT2D eigenvalue weighted by atomic mass is 10.3. The maximum absolute atomic E-state index is 6.01. The predicted octanol–water partition coefficient (Wildman–Crippen LogP) is -3.63. The van der Waals surface area contributed by atoms with E-state index >= 15 is 0 Å². The summed E-state index contributed by atoms with van der Waals surface area (Å²) in [6.45, 7) is 19.2. The molecule has 0 aromatic carbocycles. The third-order valence-electron chi connectivity index (χ3n) is 4.59. The van der Waals surface area contributed by atoms with Gasteiger partial charge in [0.2, 0.25) is 0 Å². The second-order valence-corrected chi connectivity index (χ2v) is 6.13. The van der Waals surface area contributed by atoms with Crippen LogP contribution in [0.2, 0.25) is 0 Å². The van der Waals surface area contributed by atoms with Crippen molar-refractivity contribution in [2.45, 2.75) is 40.7 Å². The van der Waals surface area contributed by atoms with Gasteiger partial charge in [0, 0.05) is 0 Å². The van der Waals surface area contributed by atoms with Crippen molar-refractivity contribution in [1.82, 2.24) is 0 Å². The second-order valence-electron chi connectivity index (χ2n) is 6.13. The lowest BCUT2D eigenvalue weighted by Gasteiger charge is -2.36. The molecule has 0 amide bonds. The van der Waals surface area contributed by atoms with Gasteiger partial charge in [0.05, 0.1) is 46.9 Å². The summed E-state index contributed by atoms with van der Waals surface area (Å²) in [5, 5.41) is 0. The number of nitrogens with zero attached hydrogens (tertiary/aromatic N) is 2. The average Bonchev–Trinajstić information content (AvgIpc) is 2.35. The van der Waals surface area contributed by atoms with E-state index in [1.807, 2.05) is 0 Å². The standard InChI is InChI=1S/C15H36N2O.2BrH/c1-8-16(6,7)14-15(5)18-13-12-17(9-2,10-3)11-4;;/h15H,8-14H2,1-7H3;2*1H/q+2;;/p-2. The van der Waals surface area contributed by atoms with Crippen LogP contribution in [0.1, 0.15) is 34.6 Å². The zero-order valence-electron chi connectivity index (χ0n) is 14.6. The minimum absolute atomic E-state index is 0. The van der Waals surface area contributed by atoms with Crippen molar-refractivity contribution in [3.8, 4) is 0 Å². The number of quaternary nitrogens is 2. The van der Waals surface area contributed by atoms with E-state index in [1.165, 1.54) is 24.1 Å². The SMILES string of the molecule is CC[N+](C)(C)CC(C)OCC[N+](CC)(CC)CC.[Br-].[Br-]. The third kappa shape index (κ3) is 9.72. The van der Waals surface area contributed by atoms with Gasteiger partial charge in [-0.1, -0.05) is 0 Å². The Balaban J connectivity index is -0.00000144. The van der Waals surface area contributed by atoms with Gasteiger partial charge in [-0.3, -0.25) is 0 Å². The van der Waals surface area contributed by atoms with Gasteiger partial charge >= 0.3 is 0 Å². The highest BCUT2D eigenvalue weighted by molar-refractivity contribution is 4.48. The smallest absolute Gasteiger partial charge is 0.105 e. The predicted molar refractivity (Wildman–Crippen MR) is 79.7 cm³/mol. The molecule has 0 radical (unpaired) electrons. The molecule has 0 aromatic heterocycles. The third-order valence-corrected chi connectivity index (χ3v) is 4.59. The molecule has 0 fully saturated rings. The van der Waals surface area contributed by atoms with Gasteiger partial charge < -0.3 is 47.7 Å². The maximum atomic E-state index is 6.01. The van der Waals surface area contributed by atoms with E-state index in [1.54, 1.807) is 0 Å². The fourth-order valence-electron chi connectivity index (χ4n) is 2.47. The van der Waals surface area contributed by atoms with Crippen LogP contribution in [0, 0.1) is 0 Å². The Kier molecular flexibility index (Phi) is 16.0. The molecule has 0 saturated carbocycles. The normalized spacial score (nSPS) is 13.3. The summed E-state index contributed by atoms with van der Waals surface area (Å²) in [5.41, 5.74) is 0. The van der Waals surface area contributed by atoms with Crippen LogP contribution in [0.5, 0.6) is 0 Å². The molecule has 0 aliphatic rings. The highest BCUT2D eigenvalue weighted by Gasteiger charge is 2.22. The second kappa shape index (κ2) is 12.4. The molecule has 0 N–H and O–H groups in total. The first-order valence-corrected chi connectivity index (χ1v) is 7.63. The van der Waals surface area contributed by atoms with Gasteiger partial charge in [0.25, 0.3) is 0 Å². The average molecular weight is 420 g/mol. The number of ether oxygens (including phenoxy) is 1. The van der Waals surface area contributed by atoms with Crippen molar-refractivity contribution >= 4 is 0 Å². The van der Waals surface area contributed by atoms with E-state index in [2.05, 4.69) is 48.7 Å². The van der Waals surface area contributed by atoms with Crippen LogP contribution in [0.4, 0.5) is 0 Å². The Morgan fingerprint density at radius 2 is 1.30 bits per heavy atom. The summed E-state index contributed by atoms with van der Waals surface area (Å²) in [5.74, 6) is 0. The zero-order valence-corrected chi connectivity index (χ0v) is 17.8. The highest BCUT2D eigenvalue weighted by atomic mass is 79.9. The van der Waals surface area contributed by atoms with Crippen LogP contribution >= 0.6 is 0 Å². The molecule has 0 bridgehead atoms. The van der Waals surface area contributed by atoms with Crippen LogP contribution in [-0.2, 0) is 4.74 Å². The largest absolute Gasteiger partial charge is 1.00 e. The molecular formula is C15H36Br2N2O. The number of halogens is 2. The molecule has 0 aliphatic carbocycles. The quantitative estimate of drug-likeness (QED) is 0.332. The van der Waals surface area contributed by atoms with Crippen molar-refractivity contribution in [2.75, 3.05) is 60.0 Å². The molecule has 0 spiro atoms. The van der Waals surface area contributed by atoms with Crippen LogP contribution < -0.4 is 34.0 Å². The fraction of sp³-hybridized carbons (Fsp3) is 1.00. The molecule has 1 unspecified atom stereocenters. The molecule has 0 rings (SSSR count). The lowest BCUT2D eigenvalue weighted by molar-refractivity contribution is -0.924. The number of hydrogen-bond acceptors (Lipinski definition) is 1. The summed E-state index contributed by atoms with van der Waals surface area (Å²) in [6, 6.07) is 0. The van der Waals surface area contributed by atoms with Crippen molar-refractivity contribution in [2.24, 2.45) is 0 Å². The number of likely N-dealkylation sites (N-methyl/N-ethyl adjacent to an activating group) is 2. The van der Waals surface area contributed by atoms with Gasteiger partial charge in [0.15, 0.2) is 0 Å². The van der Waals surface area contributed by atoms with Crippen molar-refractivity contribution in [3.63, 3.8) is 0 Å². The Bertz CT molecular complexity index is 214.